The van der Waals surface area contributed by atoms with E-state index in [1.807, 2.05) is 0 Å². The number of carbonyl (C=O) groups is 1. The first-order valence-corrected chi connectivity index (χ1v) is 6.37. The van der Waals surface area contributed by atoms with Gasteiger partial charge in [0.2, 0.25) is 0 Å². The molecule has 0 aliphatic heterocycles. The summed E-state index contributed by atoms with van der Waals surface area (Å²) in [6, 6.07) is 2.71. The van der Waals surface area contributed by atoms with Gasteiger partial charge in [0.1, 0.15) is 0 Å². The van der Waals surface area contributed by atoms with Crippen LogP contribution in [0.4, 0.5) is 5.82 Å². The average Bonchev–Trinajstić information content (AvgIpc) is 2.74. The summed E-state index contributed by atoms with van der Waals surface area (Å²) in [5.74, 6) is -0.406. The molecule has 2 rings (SSSR count). The molecule has 1 aliphatic rings. The lowest BCUT2D eigenvalue weighted by atomic mass is 9.91. The summed E-state index contributed by atoms with van der Waals surface area (Å²) < 4.78 is 1.28. The van der Waals surface area contributed by atoms with Crippen LogP contribution in [0.25, 0.3) is 0 Å². The Bertz CT molecular complexity index is 497. The predicted octanol–water partition coefficient (Wildman–Crippen LogP) is 0.933. The summed E-state index contributed by atoms with van der Waals surface area (Å²) in [4.78, 5) is 22.3. The van der Waals surface area contributed by atoms with Gasteiger partial charge in [0.05, 0.1) is 7.05 Å². The molecule has 7 heteroatoms. The van der Waals surface area contributed by atoms with Gasteiger partial charge >= 0.3 is 5.82 Å². The van der Waals surface area contributed by atoms with Crippen LogP contribution in [0, 0.1) is 10.1 Å². The first-order chi connectivity index (χ1) is 9.00. The maximum absolute atomic E-state index is 12.1. The predicted molar refractivity (Wildman–Crippen MR) is 69.8 cm³/mol. The Hall–Kier alpha value is -1.89. The summed E-state index contributed by atoms with van der Waals surface area (Å²) in [5, 5.41) is 13.6. The maximum Gasteiger partial charge on any atom is 0.323 e. The molecule has 0 aromatic carbocycles. The average molecular weight is 266 g/mol. The fourth-order valence-corrected chi connectivity index (χ4v) is 2.49. The molecule has 1 saturated carbocycles. The van der Waals surface area contributed by atoms with Crippen molar-refractivity contribution in [2.45, 2.75) is 37.8 Å². The van der Waals surface area contributed by atoms with E-state index in [0.717, 1.165) is 25.7 Å². The van der Waals surface area contributed by atoms with Gasteiger partial charge in [-0.1, -0.05) is 12.8 Å². The smallest absolute Gasteiger partial charge is 0.323 e. The number of hydrogen-bond donors (Lipinski definition) is 2. The van der Waals surface area contributed by atoms with Gasteiger partial charge in [0, 0.05) is 18.2 Å². The van der Waals surface area contributed by atoms with Crippen LogP contribution in [0.15, 0.2) is 12.1 Å². The van der Waals surface area contributed by atoms with Gasteiger partial charge in [-0.2, -0.15) is 0 Å². The van der Waals surface area contributed by atoms with Gasteiger partial charge in [-0.25, -0.2) is 4.57 Å². The number of nitro groups is 1. The normalized spacial score (nSPS) is 23.1. The van der Waals surface area contributed by atoms with Crippen molar-refractivity contribution in [1.29, 1.82) is 0 Å². The summed E-state index contributed by atoms with van der Waals surface area (Å²) in [5.41, 5.74) is 6.25. The highest BCUT2D eigenvalue weighted by molar-refractivity contribution is 5.93. The van der Waals surface area contributed by atoms with Crippen LogP contribution >= 0.6 is 0 Å². The fraction of sp³-hybridized carbons (Fsp3) is 0.583. The molecule has 1 heterocycles. The SMILES string of the molecule is Cn1c(C(=O)NC2CCCCC2N)ccc1[N+](=O)[O-]. The molecule has 0 bridgehead atoms. The van der Waals surface area contributed by atoms with Crippen molar-refractivity contribution in [2.24, 2.45) is 12.8 Å². The second kappa shape index (κ2) is 5.40. The Morgan fingerprint density at radius 3 is 2.74 bits per heavy atom. The van der Waals surface area contributed by atoms with E-state index < -0.39 is 4.92 Å². The van der Waals surface area contributed by atoms with Gasteiger partial charge in [-0.05, 0) is 23.8 Å². The van der Waals surface area contributed by atoms with Crippen molar-refractivity contribution in [1.82, 2.24) is 9.88 Å². The highest BCUT2D eigenvalue weighted by Crippen LogP contribution is 2.19. The lowest BCUT2D eigenvalue weighted by molar-refractivity contribution is -0.391. The number of amides is 1. The monoisotopic (exact) mass is 266 g/mol. The molecule has 0 spiro atoms. The highest BCUT2D eigenvalue weighted by atomic mass is 16.6. The van der Waals surface area contributed by atoms with E-state index in [2.05, 4.69) is 5.32 Å². The molecular weight excluding hydrogens is 248 g/mol. The van der Waals surface area contributed by atoms with Gasteiger partial charge < -0.3 is 21.2 Å². The Labute approximate surface area is 110 Å². The van der Waals surface area contributed by atoms with Crippen molar-refractivity contribution in [2.75, 3.05) is 0 Å². The minimum atomic E-state index is -0.511. The lowest BCUT2D eigenvalue weighted by Gasteiger charge is -2.28. The van der Waals surface area contributed by atoms with Gasteiger partial charge in [-0.15, -0.1) is 0 Å². The molecule has 19 heavy (non-hydrogen) atoms. The zero-order valence-corrected chi connectivity index (χ0v) is 10.8. The summed E-state index contributed by atoms with van der Waals surface area (Å²) in [6.07, 6.45) is 3.90. The summed E-state index contributed by atoms with van der Waals surface area (Å²) >= 11 is 0. The molecule has 0 saturated heterocycles. The Morgan fingerprint density at radius 1 is 1.47 bits per heavy atom. The van der Waals surface area contributed by atoms with E-state index in [-0.39, 0.29) is 29.5 Å². The number of nitrogens with two attached hydrogens (primary N) is 1. The quantitative estimate of drug-likeness (QED) is 0.627. The molecule has 104 valence electrons. The Kier molecular flexibility index (Phi) is 3.84. The first-order valence-electron chi connectivity index (χ1n) is 6.37. The third-order valence-electron chi connectivity index (χ3n) is 3.65. The maximum atomic E-state index is 12.1. The molecule has 2 atom stereocenters. The molecule has 7 nitrogen and oxygen atoms in total. The molecule has 2 unspecified atom stereocenters. The third-order valence-corrected chi connectivity index (χ3v) is 3.65. The van der Waals surface area contributed by atoms with E-state index in [4.69, 9.17) is 5.73 Å². The van der Waals surface area contributed by atoms with E-state index in [1.165, 1.54) is 23.7 Å². The number of hydrogen-bond acceptors (Lipinski definition) is 4. The number of nitrogens with zero attached hydrogens (tertiary/aromatic N) is 2. The molecule has 3 N–H and O–H groups in total. The van der Waals surface area contributed by atoms with Crippen LogP contribution in [0.5, 0.6) is 0 Å². The zero-order chi connectivity index (χ0) is 14.0. The lowest BCUT2D eigenvalue weighted by Crippen LogP contribution is -2.49. The number of aromatic nitrogens is 1. The topological polar surface area (TPSA) is 103 Å². The molecule has 1 aliphatic carbocycles. The summed E-state index contributed by atoms with van der Waals surface area (Å²) in [6.45, 7) is 0. The van der Waals surface area contributed by atoms with Crippen LogP contribution in [-0.4, -0.2) is 27.5 Å². The van der Waals surface area contributed by atoms with Crippen LogP contribution in [0.1, 0.15) is 36.2 Å². The molecule has 1 aromatic heterocycles. The van der Waals surface area contributed by atoms with Crippen molar-refractivity contribution in [3.63, 3.8) is 0 Å². The Morgan fingerprint density at radius 2 is 2.16 bits per heavy atom. The first kappa shape index (κ1) is 13.5. The molecule has 1 aromatic rings. The molecule has 1 amide bonds. The third kappa shape index (κ3) is 2.76. The van der Waals surface area contributed by atoms with Crippen molar-refractivity contribution >= 4 is 11.7 Å². The number of carbonyl (C=O) groups excluding carboxylic acids is 1. The highest BCUT2D eigenvalue weighted by Gasteiger charge is 2.27. The molecular formula is C12H18N4O3. The standard InChI is InChI=1S/C12H18N4O3/c1-15-10(6-7-11(15)16(18)19)12(17)14-9-5-3-2-4-8(9)13/h6-9H,2-5,13H2,1H3,(H,14,17). The number of nitrogens with one attached hydrogen (secondary N) is 1. The van der Waals surface area contributed by atoms with Gasteiger partial charge in [0.15, 0.2) is 5.69 Å². The van der Waals surface area contributed by atoms with Crippen molar-refractivity contribution in [3.05, 3.63) is 27.9 Å². The van der Waals surface area contributed by atoms with E-state index in [9.17, 15) is 14.9 Å². The Balaban J connectivity index is 2.09. The molecule has 0 radical (unpaired) electrons. The van der Waals surface area contributed by atoms with E-state index >= 15 is 0 Å². The van der Waals surface area contributed by atoms with Crippen LogP contribution in [0.2, 0.25) is 0 Å². The van der Waals surface area contributed by atoms with Gasteiger partial charge in [-0.3, -0.25) is 4.79 Å². The van der Waals surface area contributed by atoms with Gasteiger partial charge in [0.25, 0.3) is 5.91 Å². The summed E-state index contributed by atoms with van der Waals surface area (Å²) in [7, 11) is 1.51. The van der Waals surface area contributed by atoms with E-state index in [0.29, 0.717) is 0 Å². The minimum Gasteiger partial charge on any atom is -0.358 e. The van der Waals surface area contributed by atoms with Crippen molar-refractivity contribution < 1.29 is 9.72 Å². The number of rotatable bonds is 3. The fourth-order valence-electron chi connectivity index (χ4n) is 2.49. The van der Waals surface area contributed by atoms with E-state index in [1.54, 1.807) is 0 Å². The van der Waals surface area contributed by atoms with Crippen LogP contribution < -0.4 is 11.1 Å². The minimum absolute atomic E-state index is 0.0343. The second-order valence-electron chi connectivity index (χ2n) is 4.92. The van der Waals surface area contributed by atoms with Crippen molar-refractivity contribution in [3.8, 4) is 0 Å². The van der Waals surface area contributed by atoms with Crippen LogP contribution in [-0.2, 0) is 7.05 Å². The largest absolute Gasteiger partial charge is 0.358 e. The molecule has 1 fully saturated rings. The van der Waals surface area contributed by atoms with Crippen LogP contribution in [0.3, 0.4) is 0 Å². The second-order valence-corrected chi connectivity index (χ2v) is 4.92. The zero-order valence-electron chi connectivity index (χ0n) is 10.8.